The van der Waals surface area contributed by atoms with Gasteiger partial charge in [0, 0.05) is 200 Å². The number of hydrogen-bond donors (Lipinski definition) is 0. The molecule has 9 aliphatic heterocycles. The monoisotopic (exact) mass is 1730 g/mol. The van der Waals surface area contributed by atoms with Gasteiger partial charge in [0.1, 0.15) is 63.5 Å². The van der Waals surface area contributed by atoms with Gasteiger partial charge in [0.05, 0.1) is 77.9 Å². The number of benzene rings is 8. The van der Waals surface area contributed by atoms with E-state index in [-0.39, 0.29) is 34.6 Å². The van der Waals surface area contributed by atoms with Crippen LogP contribution in [0.1, 0.15) is 167 Å². The Morgan fingerprint density at radius 1 is 0.450 bits per heavy atom. The van der Waals surface area contributed by atoms with Gasteiger partial charge in [-0.15, -0.1) is 0 Å². The fraction of sp³-hybridized carbons (Fsp3) is 0.337. The van der Waals surface area contributed by atoms with E-state index < -0.39 is 22.4 Å². The Kier molecular flexibility index (Phi) is 22.0. The Labute approximate surface area is 750 Å². The predicted molar refractivity (Wildman–Crippen MR) is 488 cm³/mol. The van der Waals surface area contributed by atoms with Crippen molar-refractivity contribution in [2.45, 2.75) is 126 Å². The number of carbonyl (C=O) groups is 4. The van der Waals surface area contributed by atoms with Crippen molar-refractivity contribution in [3.05, 3.63) is 286 Å². The first-order chi connectivity index (χ1) is 62.4. The van der Waals surface area contributed by atoms with Gasteiger partial charge in [-0.1, -0.05) is 106 Å². The zero-order valence-corrected chi connectivity index (χ0v) is 74.5. The van der Waals surface area contributed by atoms with Crippen LogP contribution in [-0.2, 0) is 60.1 Å². The Bertz CT molecular complexity index is 6550. The van der Waals surface area contributed by atoms with E-state index in [1.807, 2.05) is 213 Å². The van der Waals surface area contributed by atoms with Gasteiger partial charge in [0.25, 0.3) is 23.6 Å². The van der Waals surface area contributed by atoms with Crippen LogP contribution in [0.25, 0.3) is 50.4 Å². The first kappa shape index (κ1) is 84.5. The van der Waals surface area contributed by atoms with Crippen molar-refractivity contribution in [1.29, 1.82) is 5.26 Å². The summed E-state index contributed by atoms with van der Waals surface area (Å²) in [6, 6.07) is 67.2. The number of amides is 4. The van der Waals surface area contributed by atoms with E-state index in [0.717, 1.165) is 152 Å². The van der Waals surface area contributed by atoms with Crippen molar-refractivity contribution in [2.75, 3.05) is 79.8 Å². The summed E-state index contributed by atoms with van der Waals surface area (Å²) >= 11 is 0. The van der Waals surface area contributed by atoms with E-state index in [1.54, 1.807) is 38.5 Å². The fourth-order valence-corrected chi connectivity index (χ4v) is 20.2. The van der Waals surface area contributed by atoms with Crippen LogP contribution in [0, 0.1) is 11.3 Å². The molecule has 0 bridgehead atoms. The Hall–Kier alpha value is -14.0. The minimum absolute atomic E-state index is 0.0246. The minimum atomic E-state index is -0.481. The van der Waals surface area contributed by atoms with Gasteiger partial charge in [0.15, 0.2) is 17.1 Å². The summed E-state index contributed by atoms with van der Waals surface area (Å²) in [7, 11) is 9.10. The van der Waals surface area contributed by atoms with E-state index in [2.05, 4.69) is 108 Å². The molecule has 0 radical (unpaired) electrons. The van der Waals surface area contributed by atoms with Gasteiger partial charge >= 0.3 is 0 Å². The maximum Gasteiger partial charge on any atom is 0.272 e. The van der Waals surface area contributed by atoms with Gasteiger partial charge in [-0.05, 0) is 146 Å². The molecule has 13 aromatic rings. The van der Waals surface area contributed by atoms with Crippen molar-refractivity contribution >= 4 is 34.5 Å². The number of ether oxygens (including phenoxy) is 8. The highest BCUT2D eigenvalue weighted by Crippen LogP contribution is 2.54. The summed E-state index contributed by atoms with van der Waals surface area (Å²) in [4.78, 5) is 65.2. The number of para-hydroxylation sites is 6. The third kappa shape index (κ3) is 15.6. The lowest BCUT2D eigenvalue weighted by atomic mass is 9.81. The van der Waals surface area contributed by atoms with E-state index in [1.165, 1.54) is 5.56 Å². The van der Waals surface area contributed by atoms with Crippen LogP contribution in [0.5, 0.6) is 40.2 Å². The van der Waals surface area contributed by atoms with Crippen LogP contribution in [0.4, 0.5) is 0 Å². The normalized spacial score (nSPS) is 17.2. The van der Waals surface area contributed by atoms with E-state index >= 15 is 0 Å². The highest BCUT2D eigenvalue weighted by atomic mass is 16.5. The third-order valence-corrected chi connectivity index (χ3v) is 27.0. The van der Waals surface area contributed by atoms with E-state index in [4.69, 9.17) is 37.9 Å². The largest absolute Gasteiger partial charge is 0.493 e. The lowest BCUT2D eigenvalue weighted by Gasteiger charge is -2.45. The van der Waals surface area contributed by atoms with Crippen molar-refractivity contribution in [3.8, 4) is 85.8 Å². The van der Waals surface area contributed by atoms with Crippen molar-refractivity contribution < 1.29 is 57.1 Å². The summed E-state index contributed by atoms with van der Waals surface area (Å²) in [5, 5.41) is 24.2. The molecular weight excluding hydrogens is 1620 g/mol. The van der Waals surface area contributed by atoms with Crippen LogP contribution in [0.3, 0.4) is 0 Å². The van der Waals surface area contributed by atoms with Gasteiger partial charge in [-0.3, -0.25) is 33.2 Å². The number of carbonyl (C=O) groups excluding carboxylic acids is 4. The number of methoxy groups -OCH3 is 2. The minimum Gasteiger partial charge on any atom is -0.493 e. The average molecular weight is 1730 g/mol. The molecule has 8 aromatic carbocycles. The number of rotatable bonds is 9. The molecule has 658 valence electrons. The second kappa shape index (κ2) is 33.7. The van der Waals surface area contributed by atoms with Crippen LogP contribution >= 0.6 is 0 Å². The quantitative estimate of drug-likeness (QED) is 0.122. The van der Waals surface area contributed by atoms with Crippen molar-refractivity contribution in [3.63, 3.8) is 0 Å². The first-order valence-electron chi connectivity index (χ1n) is 44.5. The third-order valence-electron chi connectivity index (χ3n) is 27.0. The Morgan fingerprint density at radius 3 is 1.41 bits per heavy atom. The van der Waals surface area contributed by atoms with Crippen LogP contribution < -0.4 is 33.2 Å². The van der Waals surface area contributed by atoms with Crippen LogP contribution in [0.2, 0.25) is 0 Å². The maximum absolute atomic E-state index is 13.3. The number of nitrogens with zero attached hydrogens (tertiary/aromatic N) is 13. The molecule has 0 aliphatic carbocycles. The molecule has 9 aliphatic rings. The molecule has 5 aromatic heterocycles. The summed E-state index contributed by atoms with van der Waals surface area (Å²) in [5.41, 5.74) is 15.8. The molecule has 0 N–H and O–H groups in total. The topological polar surface area (TPSA) is 250 Å². The van der Waals surface area contributed by atoms with Gasteiger partial charge in [-0.25, -0.2) is 4.98 Å². The number of likely N-dealkylation sites (tertiary alicyclic amines) is 4. The number of hydrogen-bond acceptors (Lipinski definition) is 17. The SMILES string of the molecule is CC(C)(C)c1ccc(C(=O)N2CCC3(CC2)Oc2ccccc2-n2cccc23)cc1C#N.COCCOc1ccc(C(=O)N2CCC3(CC2)Oc2ccccc2-c2c3cnn2C)cc1OC.Cn1ncc2c1-c1ccccc1OC21CCN(C(=O)c2ccc3c(c2)OC(C)(C)C3)CC1.Cn1ncc2c1-c1ccccc1OC21CCN(C(=O)c2ccc3ccccc3n2)CC1. The molecule has 129 heavy (non-hydrogen) atoms. The molecule has 14 heterocycles. The van der Waals surface area contributed by atoms with Gasteiger partial charge in [0.2, 0.25) is 0 Å². The second-order valence-electron chi connectivity index (χ2n) is 36.4. The maximum atomic E-state index is 13.3. The molecule has 0 saturated carbocycles. The summed E-state index contributed by atoms with van der Waals surface area (Å²) in [6.45, 7) is 16.2. The molecular formula is C104H105N13O12. The molecule has 0 unspecified atom stereocenters. The molecule has 4 amide bonds. The fourth-order valence-electron chi connectivity index (χ4n) is 20.2. The second-order valence-corrected chi connectivity index (χ2v) is 36.4. The molecule has 25 heteroatoms. The number of aromatic nitrogens is 8. The average Bonchev–Trinajstić information content (AvgIpc) is 1.57. The first-order valence-corrected chi connectivity index (χ1v) is 44.5. The summed E-state index contributed by atoms with van der Waals surface area (Å²) in [5.74, 6) is 5.46. The Balaban J connectivity index is 0.000000112. The molecule has 22 rings (SSSR count). The van der Waals surface area contributed by atoms with E-state index in [9.17, 15) is 24.4 Å². The molecule has 4 spiro atoms. The number of fused-ring (bicyclic) bond motifs is 18. The molecule has 4 fully saturated rings. The van der Waals surface area contributed by atoms with E-state index in [0.29, 0.717) is 118 Å². The molecule has 4 saturated heterocycles. The van der Waals surface area contributed by atoms with Gasteiger partial charge < -0.3 is 62.1 Å². The Morgan fingerprint density at radius 2 is 0.899 bits per heavy atom. The highest BCUT2D eigenvalue weighted by Gasteiger charge is 2.51. The van der Waals surface area contributed by atoms with Gasteiger partial charge in [-0.2, -0.15) is 20.6 Å². The smallest absolute Gasteiger partial charge is 0.272 e. The number of aryl methyl sites for hydroxylation is 3. The van der Waals surface area contributed by atoms with Crippen LogP contribution in [0.15, 0.2) is 225 Å². The number of pyridine rings is 1. The number of nitriles is 1. The summed E-state index contributed by atoms with van der Waals surface area (Å²) in [6.07, 6.45) is 14.5. The van der Waals surface area contributed by atoms with Crippen LogP contribution in [-0.4, -0.2) is 168 Å². The standard InChI is InChI=1S/C27H27N3O2.C26H29N3O5.C26H27N3O3.C25H22N4O2/c1-26(2,3)21-11-10-19(17-20(21)18-28)25(31)29-15-12-27(13-16-29)24-9-6-14-30(24)22-7-4-5-8-23(22)32-27;1-28-24-19-6-4-5-7-21(19)34-26(20(24)17-27-28)10-12-29(13-11-26)25(30)18-8-9-22(23(16-18)32-3)33-15-14-31-2;1-25(2)15-18-9-8-17(14-22(18)31-25)24(30)29-12-10-26(11-13-29)20-16-27-28(3)23(20)19-6-4-5-7-21(19)32-26;1-28-23-18-7-3-5-9-22(18)31-25(19(23)16-26-28)12-14-29(15-13-25)24(30)21-11-10-17-6-2-4-8-20(17)27-21/h4-11,14,17H,12-13,15-16H2,1-3H3;4-9,16-17H,10-15H2,1-3H3;4-9,14,16H,10-13,15H2,1-3H3;2-11,16H,12-15H2,1H3. The van der Waals surface area contributed by atoms with Crippen molar-refractivity contribution in [1.82, 2.24) is 58.5 Å². The summed E-state index contributed by atoms with van der Waals surface area (Å²) < 4.78 is 56.5. The number of piperidine rings is 4. The zero-order chi connectivity index (χ0) is 89.3. The zero-order valence-electron chi connectivity index (χ0n) is 74.5. The lowest BCUT2D eigenvalue weighted by molar-refractivity contribution is -0.00940. The molecule has 0 atom stereocenters. The highest BCUT2D eigenvalue weighted by molar-refractivity contribution is 5.97. The lowest BCUT2D eigenvalue weighted by Crippen LogP contribution is -2.50. The predicted octanol–water partition coefficient (Wildman–Crippen LogP) is 17.3. The molecule has 25 nitrogen and oxygen atoms in total. The van der Waals surface area contributed by atoms with Crippen molar-refractivity contribution in [2.24, 2.45) is 21.1 Å².